The molecule has 2 N–H and O–H groups in total. The molecule has 1 aromatic heterocycles. The molecule has 0 amide bonds. The van der Waals surface area contributed by atoms with Gasteiger partial charge >= 0.3 is 19.4 Å². The molecule has 1 aliphatic heterocycles. The van der Waals surface area contributed by atoms with E-state index in [0.717, 1.165) is 10.9 Å². The fraction of sp³-hybridized carbons (Fsp3) is 0.560. The van der Waals surface area contributed by atoms with E-state index in [-0.39, 0.29) is 31.5 Å². The quantitative estimate of drug-likeness (QED) is 0.178. The normalized spacial score (nSPS) is 19.5. The summed E-state index contributed by atoms with van der Waals surface area (Å²) in [5, 5.41) is 2.76. The van der Waals surface area contributed by atoms with Crippen molar-refractivity contribution < 1.29 is 32.6 Å². The van der Waals surface area contributed by atoms with Crippen molar-refractivity contribution in [1.82, 2.24) is 14.6 Å². The lowest BCUT2D eigenvalue weighted by molar-refractivity contribution is -0.146. The number of rotatable bonds is 14. The van der Waals surface area contributed by atoms with E-state index >= 15 is 0 Å². The third-order valence-electron chi connectivity index (χ3n) is 5.66. The van der Waals surface area contributed by atoms with Crippen molar-refractivity contribution >= 4 is 29.6 Å². The number of esters is 1. The Bertz CT molecular complexity index is 1260. The smallest absolute Gasteiger partial charge is 0.459 e. The molecule has 3 rings (SSSR count). The minimum absolute atomic E-state index is 0.00948. The van der Waals surface area contributed by atoms with Crippen LogP contribution in [0.4, 0.5) is 0 Å². The number of hydrogen-bond donors (Lipinski definition) is 2. The lowest BCUT2D eigenvalue weighted by Gasteiger charge is -2.26. The highest BCUT2D eigenvalue weighted by Crippen LogP contribution is 2.46. The fourth-order valence-corrected chi connectivity index (χ4v) is 5.40. The monoisotopic (exact) mass is 631 g/mol. The van der Waals surface area contributed by atoms with Gasteiger partial charge in [-0.1, -0.05) is 43.1 Å². The highest BCUT2D eigenvalue weighted by atomic mass is 79.9. The summed E-state index contributed by atoms with van der Waals surface area (Å²) in [5.41, 5.74) is -0.808. The summed E-state index contributed by atoms with van der Waals surface area (Å²) in [6.07, 6.45) is 1.44. The second kappa shape index (κ2) is 14.4. The fourth-order valence-electron chi connectivity index (χ4n) is 3.64. The summed E-state index contributed by atoms with van der Waals surface area (Å²) < 4.78 is 44.1. The van der Waals surface area contributed by atoms with Gasteiger partial charge < -0.3 is 18.7 Å². The van der Waals surface area contributed by atoms with Gasteiger partial charge in [-0.2, -0.15) is 5.09 Å². The number of aryl methyl sites for hydroxylation is 1. The van der Waals surface area contributed by atoms with Crippen LogP contribution in [-0.2, 0) is 28.1 Å². The number of nitrogens with one attached hydrogen (secondary N) is 2. The second-order valence-corrected chi connectivity index (χ2v) is 12.1. The Morgan fingerprint density at radius 3 is 2.67 bits per heavy atom. The van der Waals surface area contributed by atoms with Crippen LogP contribution in [0, 0.1) is 12.8 Å². The summed E-state index contributed by atoms with van der Waals surface area (Å²) in [6.45, 7) is 7.30. The van der Waals surface area contributed by atoms with Crippen LogP contribution < -0.4 is 20.9 Å². The van der Waals surface area contributed by atoms with Gasteiger partial charge in [-0.05, 0) is 49.9 Å². The molecule has 0 aliphatic carbocycles. The van der Waals surface area contributed by atoms with Gasteiger partial charge in [0, 0.05) is 16.2 Å². The van der Waals surface area contributed by atoms with Crippen molar-refractivity contribution in [1.29, 1.82) is 0 Å². The third kappa shape index (κ3) is 9.40. The van der Waals surface area contributed by atoms with Gasteiger partial charge in [0.2, 0.25) is 0 Å². The highest BCUT2D eigenvalue weighted by molar-refractivity contribution is 9.10. The first-order valence-corrected chi connectivity index (χ1v) is 15.1. The zero-order valence-corrected chi connectivity index (χ0v) is 24.9. The van der Waals surface area contributed by atoms with Crippen LogP contribution in [-0.4, -0.2) is 47.7 Å². The van der Waals surface area contributed by atoms with Crippen molar-refractivity contribution in [2.45, 2.75) is 65.5 Å². The largest absolute Gasteiger partial charge is 0.465 e. The van der Waals surface area contributed by atoms with Crippen molar-refractivity contribution in [2.75, 3.05) is 19.8 Å². The van der Waals surface area contributed by atoms with Gasteiger partial charge in [0.1, 0.15) is 18.4 Å². The molecule has 216 valence electrons. The summed E-state index contributed by atoms with van der Waals surface area (Å²) >= 11 is 3.35. The number of aromatic nitrogens is 2. The molecule has 1 aliphatic rings. The number of unbranched alkanes of at least 4 members (excludes halogenated alkanes) is 1. The van der Waals surface area contributed by atoms with E-state index in [1.165, 1.54) is 10.8 Å². The Morgan fingerprint density at radius 2 is 2.00 bits per heavy atom. The zero-order chi connectivity index (χ0) is 28.6. The minimum Gasteiger partial charge on any atom is -0.465 e. The number of carbonyl (C=O) groups excluding carboxylic acids is 1. The molecule has 14 heteroatoms. The van der Waals surface area contributed by atoms with E-state index < -0.39 is 43.5 Å². The standard InChI is InChI=1S/C25H35BrN3O9P/c1-5-6-11-34-24(31)20(12-16(2)3)28-39(33,38-19-9-7-18(26)8-10-19)36-15-22-35-14-21(37-22)29-13-17(4)23(30)27-25(29)32/h7-10,13,16,20-22H,5-6,11-12,14-15H2,1-4H3,(H,28,33)(H,27,30,32)/t20?,21-,22-,39?/m1/s1. The molecule has 4 atom stereocenters. The molecule has 39 heavy (non-hydrogen) atoms. The Hall–Kier alpha value is -2.28. The maximum absolute atomic E-state index is 14.0. The maximum atomic E-state index is 14.0. The van der Waals surface area contributed by atoms with E-state index in [0.29, 0.717) is 18.4 Å². The number of ether oxygens (including phenoxy) is 3. The number of H-pyrrole nitrogens is 1. The number of nitrogens with zero attached hydrogens (tertiary/aromatic N) is 1. The van der Waals surface area contributed by atoms with Crippen LogP contribution in [0.1, 0.15) is 51.8 Å². The average Bonchev–Trinajstić information content (AvgIpc) is 3.35. The first-order chi connectivity index (χ1) is 18.5. The van der Waals surface area contributed by atoms with E-state index in [9.17, 15) is 18.9 Å². The first kappa shape index (κ1) is 31.3. The predicted molar refractivity (Wildman–Crippen MR) is 146 cm³/mol. The topological polar surface area (TPSA) is 147 Å². The molecule has 0 bridgehead atoms. The Kier molecular flexibility index (Phi) is 11.5. The number of benzene rings is 1. The number of aromatic amines is 1. The van der Waals surface area contributed by atoms with Crippen molar-refractivity contribution in [3.05, 3.63) is 61.3 Å². The Labute approximate surface area is 235 Å². The molecule has 0 saturated carbocycles. The molecular weight excluding hydrogens is 597 g/mol. The van der Waals surface area contributed by atoms with Crippen molar-refractivity contribution in [2.24, 2.45) is 5.92 Å². The predicted octanol–water partition coefficient (Wildman–Crippen LogP) is 4.03. The molecular formula is C25H35BrN3O9P. The van der Waals surface area contributed by atoms with Crippen LogP contribution in [0.25, 0.3) is 0 Å². The third-order valence-corrected chi connectivity index (χ3v) is 7.75. The number of hydrogen-bond acceptors (Lipinski definition) is 9. The second-order valence-electron chi connectivity index (χ2n) is 9.50. The van der Waals surface area contributed by atoms with Gasteiger partial charge in [-0.15, -0.1) is 0 Å². The molecule has 1 saturated heterocycles. The number of carbonyl (C=O) groups is 1. The maximum Gasteiger partial charge on any atom is 0.459 e. The lowest BCUT2D eigenvalue weighted by Crippen LogP contribution is -2.39. The van der Waals surface area contributed by atoms with Gasteiger partial charge in [0.05, 0.1) is 13.2 Å². The van der Waals surface area contributed by atoms with Crippen LogP contribution in [0.3, 0.4) is 0 Å². The molecule has 2 unspecified atom stereocenters. The summed E-state index contributed by atoms with van der Waals surface area (Å²) in [4.78, 5) is 39.0. The lowest BCUT2D eigenvalue weighted by atomic mass is 10.1. The molecule has 1 fully saturated rings. The summed E-state index contributed by atoms with van der Waals surface area (Å²) in [6, 6.07) is 5.67. The van der Waals surface area contributed by atoms with Crippen molar-refractivity contribution in [3.63, 3.8) is 0 Å². The molecule has 2 aromatic rings. The van der Waals surface area contributed by atoms with Crippen LogP contribution in [0.2, 0.25) is 0 Å². The van der Waals surface area contributed by atoms with E-state index in [4.69, 9.17) is 23.3 Å². The van der Waals surface area contributed by atoms with E-state index in [2.05, 4.69) is 26.0 Å². The minimum atomic E-state index is -4.17. The first-order valence-electron chi connectivity index (χ1n) is 12.7. The van der Waals surface area contributed by atoms with Crippen LogP contribution in [0.15, 0.2) is 44.5 Å². The van der Waals surface area contributed by atoms with Crippen LogP contribution >= 0.6 is 23.7 Å². The van der Waals surface area contributed by atoms with Gasteiger partial charge in [-0.25, -0.2) is 9.36 Å². The zero-order valence-electron chi connectivity index (χ0n) is 22.4. The Morgan fingerprint density at radius 1 is 1.28 bits per heavy atom. The highest BCUT2D eigenvalue weighted by Gasteiger charge is 2.37. The summed E-state index contributed by atoms with van der Waals surface area (Å²) in [7, 11) is -4.17. The van der Waals surface area contributed by atoms with Gasteiger partial charge in [-0.3, -0.25) is 23.7 Å². The molecule has 0 radical (unpaired) electrons. The van der Waals surface area contributed by atoms with Crippen molar-refractivity contribution in [3.8, 4) is 5.75 Å². The summed E-state index contributed by atoms with van der Waals surface area (Å²) in [5.74, 6) is -0.233. The number of halogens is 1. The average molecular weight is 632 g/mol. The molecule has 1 aromatic carbocycles. The Balaban J connectivity index is 1.75. The molecule has 0 spiro atoms. The van der Waals surface area contributed by atoms with E-state index in [1.807, 2.05) is 20.8 Å². The molecule has 12 nitrogen and oxygen atoms in total. The van der Waals surface area contributed by atoms with Crippen LogP contribution in [0.5, 0.6) is 5.75 Å². The van der Waals surface area contributed by atoms with Gasteiger partial charge in [0.15, 0.2) is 12.5 Å². The molecule has 2 heterocycles. The SMILES string of the molecule is CCCCOC(=O)C(CC(C)C)NP(=O)(OC[C@@H]1OC[C@H](n2cc(C)c(=O)[nH]c2=O)O1)Oc1ccc(Br)cc1. The van der Waals surface area contributed by atoms with Gasteiger partial charge in [0.25, 0.3) is 5.56 Å². The van der Waals surface area contributed by atoms with E-state index in [1.54, 1.807) is 31.2 Å².